The second-order valence-corrected chi connectivity index (χ2v) is 5.19. The van der Waals surface area contributed by atoms with E-state index in [-0.39, 0.29) is 12.3 Å². The first-order valence-electron chi connectivity index (χ1n) is 5.97. The summed E-state index contributed by atoms with van der Waals surface area (Å²) >= 11 is 1.35. The summed E-state index contributed by atoms with van der Waals surface area (Å²) in [6.45, 7) is 0. The Labute approximate surface area is 120 Å². The third-order valence-electron chi connectivity index (χ3n) is 2.67. The minimum Gasteiger partial charge on any atom is -0.388 e. The van der Waals surface area contributed by atoms with Crippen molar-refractivity contribution in [2.24, 2.45) is 5.73 Å². The molecule has 1 heterocycles. The molecule has 20 heavy (non-hydrogen) atoms. The highest BCUT2D eigenvalue weighted by Crippen LogP contribution is 2.21. The molecule has 0 saturated heterocycles. The standard InChI is InChI=1S/C14H14N2O3S/c15-13(18)8-11(17)9-3-1-4-10(7-9)16-14(19)12-5-2-6-20-12/h1-7,11,17H,8H2,(H2,15,18)(H,16,19). The Morgan fingerprint density at radius 3 is 2.75 bits per heavy atom. The number of thiophene rings is 1. The highest BCUT2D eigenvalue weighted by atomic mass is 32.1. The molecule has 0 aliphatic rings. The Balaban J connectivity index is 2.10. The zero-order valence-electron chi connectivity index (χ0n) is 10.6. The van der Waals surface area contributed by atoms with Crippen molar-refractivity contribution in [3.05, 3.63) is 52.2 Å². The molecule has 1 unspecified atom stereocenters. The van der Waals surface area contributed by atoms with Crippen LogP contribution in [0.3, 0.4) is 0 Å². The van der Waals surface area contributed by atoms with Crippen LogP contribution >= 0.6 is 11.3 Å². The molecule has 0 bridgehead atoms. The molecule has 0 saturated carbocycles. The van der Waals surface area contributed by atoms with E-state index in [0.717, 1.165) is 0 Å². The van der Waals surface area contributed by atoms with Crippen molar-refractivity contribution in [1.29, 1.82) is 0 Å². The summed E-state index contributed by atoms with van der Waals surface area (Å²) in [5.41, 5.74) is 6.14. The Kier molecular flexibility index (Phi) is 4.49. The number of hydrogen-bond donors (Lipinski definition) is 3. The summed E-state index contributed by atoms with van der Waals surface area (Å²) in [7, 11) is 0. The van der Waals surface area contributed by atoms with Crippen LogP contribution in [0.15, 0.2) is 41.8 Å². The van der Waals surface area contributed by atoms with E-state index in [1.165, 1.54) is 11.3 Å². The van der Waals surface area contributed by atoms with Crippen molar-refractivity contribution in [2.75, 3.05) is 5.32 Å². The second-order valence-electron chi connectivity index (χ2n) is 4.24. The lowest BCUT2D eigenvalue weighted by Crippen LogP contribution is -2.15. The van der Waals surface area contributed by atoms with Gasteiger partial charge >= 0.3 is 0 Å². The van der Waals surface area contributed by atoms with Gasteiger partial charge in [-0.1, -0.05) is 18.2 Å². The fraction of sp³-hybridized carbons (Fsp3) is 0.143. The van der Waals surface area contributed by atoms with Gasteiger partial charge in [0, 0.05) is 5.69 Å². The molecule has 0 radical (unpaired) electrons. The number of rotatable bonds is 5. The molecule has 5 nitrogen and oxygen atoms in total. The Bertz CT molecular complexity index is 611. The molecule has 2 amide bonds. The number of nitrogens with two attached hydrogens (primary N) is 1. The number of aliphatic hydroxyl groups excluding tert-OH is 1. The van der Waals surface area contributed by atoms with Crippen molar-refractivity contribution in [3.8, 4) is 0 Å². The normalized spacial score (nSPS) is 11.8. The van der Waals surface area contributed by atoms with Crippen molar-refractivity contribution >= 4 is 28.8 Å². The van der Waals surface area contributed by atoms with Crippen molar-refractivity contribution in [2.45, 2.75) is 12.5 Å². The molecule has 0 fully saturated rings. The molecular weight excluding hydrogens is 276 g/mol. The van der Waals surface area contributed by atoms with Gasteiger partial charge in [0.1, 0.15) is 0 Å². The number of nitrogens with one attached hydrogen (secondary N) is 1. The van der Waals surface area contributed by atoms with Crippen molar-refractivity contribution in [1.82, 2.24) is 0 Å². The molecule has 0 aliphatic heterocycles. The number of carbonyl (C=O) groups excluding carboxylic acids is 2. The summed E-state index contributed by atoms with van der Waals surface area (Å²) in [5.74, 6) is -0.785. The van der Waals surface area contributed by atoms with Gasteiger partial charge in [0.15, 0.2) is 0 Å². The van der Waals surface area contributed by atoms with Crippen LogP contribution in [0.1, 0.15) is 27.8 Å². The number of primary amides is 1. The van der Waals surface area contributed by atoms with Gasteiger partial charge in [-0.25, -0.2) is 0 Å². The monoisotopic (exact) mass is 290 g/mol. The van der Waals surface area contributed by atoms with Gasteiger partial charge in [0.05, 0.1) is 17.4 Å². The predicted molar refractivity (Wildman–Crippen MR) is 77.5 cm³/mol. The second kappa shape index (κ2) is 6.31. The molecular formula is C14H14N2O3S. The molecule has 104 valence electrons. The molecule has 4 N–H and O–H groups in total. The molecule has 1 aromatic heterocycles. The maximum Gasteiger partial charge on any atom is 0.265 e. The number of carbonyl (C=O) groups is 2. The van der Waals surface area contributed by atoms with E-state index in [4.69, 9.17) is 5.73 Å². The zero-order valence-corrected chi connectivity index (χ0v) is 11.4. The van der Waals surface area contributed by atoms with E-state index in [1.54, 1.807) is 36.4 Å². The van der Waals surface area contributed by atoms with E-state index >= 15 is 0 Å². The van der Waals surface area contributed by atoms with Crippen LogP contribution in [0.4, 0.5) is 5.69 Å². The summed E-state index contributed by atoms with van der Waals surface area (Å²) in [5, 5.41) is 14.4. The van der Waals surface area contributed by atoms with Gasteiger partial charge in [0.2, 0.25) is 5.91 Å². The average Bonchev–Trinajstić information content (AvgIpc) is 2.92. The Hall–Kier alpha value is -2.18. The third kappa shape index (κ3) is 3.66. The molecule has 0 spiro atoms. The lowest BCUT2D eigenvalue weighted by molar-refractivity contribution is -0.119. The van der Waals surface area contributed by atoms with E-state index < -0.39 is 12.0 Å². The van der Waals surface area contributed by atoms with Gasteiger partial charge < -0.3 is 16.2 Å². The Morgan fingerprint density at radius 1 is 1.30 bits per heavy atom. The SMILES string of the molecule is NC(=O)CC(O)c1cccc(NC(=O)c2cccs2)c1. The van der Waals surface area contributed by atoms with Crippen LogP contribution in [-0.4, -0.2) is 16.9 Å². The first kappa shape index (κ1) is 14.2. The third-order valence-corrected chi connectivity index (χ3v) is 3.54. The smallest absolute Gasteiger partial charge is 0.265 e. The molecule has 1 atom stereocenters. The van der Waals surface area contributed by atoms with E-state index in [9.17, 15) is 14.7 Å². The van der Waals surface area contributed by atoms with Crippen LogP contribution < -0.4 is 11.1 Å². The maximum atomic E-state index is 11.9. The van der Waals surface area contributed by atoms with Gasteiger partial charge in [-0.3, -0.25) is 9.59 Å². The topological polar surface area (TPSA) is 92.4 Å². The summed E-state index contributed by atoms with van der Waals surface area (Å²) in [6.07, 6.45) is -1.12. The van der Waals surface area contributed by atoms with Gasteiger partial charge in [-0.2, -0.15) is 0 Å². The minimum absolute atomic E-state index is 0.150. The quantitative estimate of drug-likeness (QED) is 0.785. The van der Waals surface area contributed by atoms with E-state index in [2.05, 4.69) is 5.32 Å². The average molecular weight is 290 g/mol. The van der Waals surface area contributed by atoms with Crippen LogP contribution in [-0.2, 0) is 4.79 Å². The Morgan fingerprint density at radius 2 is 2.10 bits per heavy atom. The van der Waals surface area contributed by atoms with Gasteiger partial charge in [0.25, 0.3) is 5.91 Å². The van der Waals surface area contributed by atoms with Crippen LogP contribution in [0.5, 0.6) is 0 Å². The number of hydrogen-bond acceptors (Lipinski definition) is 4. The van der Waals surface area contributed by atoms with Crippen molar-refractivity contribution < 1.29 is 14.7 Å². The van der Waals surface area contributed by atoms with Crippen LogP contribution in [0.25, 0.3) is 0 Å². The molecule has 1 aromatic carbocycles. The first-order chi connectivity index (χ1) is 9.56. The largest absolute Gasteiger partial charge is 0.388 e. The van der Waals surface area contributed by atoms with E-state index in [1.807, 2.05) is 5.38 Å². The minimum atomic E-state index is -0.967. The van der Waals surface area contributed by atoms with Crippen molar-refractivity contribution in [3.63, 3.8) is 0 Å². The number of aliphatic hydroxyl groups is 1. The number of benzene rings is 1. The number of anilines is 1. The fourth-order valence-corrected chi connectivity index (χ4v) is 2.35. The maximum absolute atomic E-state index is 11.9. The van der Waals surface area contributed by atoms with E-state index in [0.29, 0.717) is 16.1 Å². The first-order valence-corrected chi connectivity index (χ1v) is 6.85. The fourth-order valence-electron chi connectivity index (χ4n) is 1.73. The zero-order chi connectivity index (χ0) is 14.5. The lowest BCUT2D eigenvalue weighted by atomic mass is 10.1. The van der Waals surface area contributed by atoms with Crippen LogP contribution in [0, 0.1) is 0 Å². The highest BCUT2D eigenvalue weighted by Gasteiger charge is 2.12. The molecule has 6 heteroatoms. The molecule has 2 rings (SSSR count). The van der Waals surface area contributed by atoms with Crippen LogP contribution in [0.2, 0.25) is 0 Å². The van der Waals surface area contributed by atoms with Gasteiger partial charge in [-0.05, 0) is 29.1 Å². The molecule has 2 aromatic rings. The highest BCUT2D eigenvalue weighted by molar-refractivity contribution is 7.12. The lowest BCUT2D eigenvalue weighted by Gasteiger charge is -2.11. The molecule has 0 aliphatic carbocycles. The summed E-state index contributed by atoms with van der Waals surface area (Å²) in [4.78, 5) is 23.3. The summed E-state index contributed by atoms with van der Waals surface area (Å²) < 4.78 is 0. The van der Waals surface area contributed by atoms with Gasteiger partial charge in [-0.15, -0.1) is 11.3 Å². The summed E-state index contributed by atoms with van der Waals surface area (Å²) in [6, 6.07) is 10.2. The number of amides is 2. The predicted octanol–water partition coefficient (Wildman–Crippen LogP) is 1.91.